The van der Waals surface area contributed by atoms with Crippen molar-refractivity contribution in [2.75, 3.05) is 40.3 Å². The first kappa shape index (κ1) is 20.4. The molecule has 2 aromatic rings. The molecule has 0 fully saturated rings. The van der Waals surface area contributed by atoms with Crippen LogP contribution in [-0.2, 0) is 17.8 Å². The Labute approximate surface area is 160 Å². The molecule has 1 amide bonds. The van der Waals surface area contributed by atoms with Gasteiger partial charge in [-0.05, 0) is 24.1 Å². The standard InChI is InChI=1S/C20H27N3O4/c1-23(2)20-15(7-6-12-21-20)13-22-17(24)11-9-14-8-10-16(25-3)19(27-5)18(14)26-4/h6-8,10,12H,9,11,13H2,1-5H3,(H,22,24). The fourth-order valence-corrected chi connectivity index (χ4v) is 2.86. The Morgan fingerprint density at radius 1 is 1.04 bits per heavy atom. The molecule has 1 heterocycles. The summed E-state index contributed by atoms with van der Waals surface area (Å²) in [6.45, 7) is 0.434. The summed E-state index contributed by atoms with van der Waals surface area (Å²) in [6.07, 6.45) is 2.61. The van der Waals surface area contributed by atoms with Gasteiger partial charge in [0, 0.05) is 38.8 Å². The third kappa shape index (κ3) is 5.03. The average molecular weight is 373 g/mol. The third-order valence-electron chi connectivity index (χ3n) is 4.17. The van der Waals surface area contributed by atoms with Gasteiger partial charge in [-0.25, -0.2) is 4.98 Å². The van der Waals surface area contributed by atoms with Gasteiger partial charge in [0.1, 0.15) is 5.82 Å². The number of ether oxygens (including phenoxy) is 3. The van der Waals surface area contributed by atoms with Crippen LogP contribution < -0.4 is 24.4 Å². The van der Waals surface area contributed by atoms with Gasteiger partial charge >= 0.3 is 0 Å². The molecule has 0 aliphatic heterocycles. The molecule has 0 aliphatic rings. The monoisotopic (exact) mass is 373 g/mol. The summed E-state index contributed by atoms with van der Waals surface area (Å²) in [7, 11) is 8.57. The van der Waals surface area contributed by atoms with Crippen molar-refractivity contribution < 1.29 is 19.0 Å². The lowest BCUT2D eigenvalue weighted by atomic mass is 10.1. The number of nitrogens with zero attached hydrogens (tertiary/aromatic N) is 2. The highest BCUT2D eigenvalue weighted by atomic mass is 16.5. The van der Waals surface area contributed by atoms with E-state index < -0.39 is 0 Å². The van der Waals surface area contributed by atoms with Crippen LogP contribution in [0.2, 0.25) is 0 Å². The Morgan fingerprint density at radius 2 is 1.78 bits per heavy atom. The van der Waals surface area contributed by atoms with Crippen LogP contribution in [0.3, 0.4) is 0 Å². The number of aromatic nitrogens is 1. The Morgan fingerprint density at radius 3 is 2.41 bits per heavy atom. The number of carbonyl (C=O) groups is 1. The average Bonchev–Trinajstić information content (AvgIpc) is 2.69. The second-order valence-electron chi connectivity index (χ2n) is 6.15. The number of aryl methyl sites for hydroxylation is 1. The minimum atomic E-state index is -0.0413. The van der Waals surface area contributed by atoms with E-state index in [2.05, 4.69) is 10.3 Å². The summed E-state index contributed by atoms with van der Waals surface area (Å²) in [5.41, 5.74) is 1.86. The Hall–Kier alpha value is -2.96. The minimum absolute atomic E-state index is 0.0413. The van der Waals surface area contributed by atoms with Crippen LogP contribution in [0, 0.1) is 0 Å². The van der Waals surface area contributed by atoms with Gasteiger partial charge < -0.3 is 24.4 Å². The highest BCUT2D eigenvalue weighted by Gasteiger charge is 2.16. The lowest BCUT2D eigenvalue weighted by molar-refractivity contribution is -0.121. The minimum Gasteiger partial charge on any atom is -0.493 e. The summed E-state index contributed by atoms with van der Waals surface area (Å²) in [5.74, 6) is 2.52. The molecule has 0 aliphatic carbocycles. The van der Waals surface area contributed by atoms with Crippen LogP contribution in [0.4, 0.5) is 5.82 Å². The van der Waals surface area contributed by atoms with Crippen molar-refractivity contribution in [2.24, 2.45) is 0 Å². The SMILES string of the molecule is COc1ccc(CCC(=O)NCc2cccnc2N(C)C)c(OC)c1OC. The number of hydrogen-bond acceptors (Lipinski definition) is 6. The topological polar surface area (TPSA) is 72.9 Å². The van der Waals surface area contributed by atoms with E-state index in [1.165, 1.54) is 0 Å². The van der Waals surface area contributed by atoms with E-state index in [4.69, 9.17) is 14.2 Å². The van der Waals surface area contributed by atoms with E-state index >= 15 is 0 Å². The van der Waals surface area contributed by atoms with Gasteiger partial charge in [0.25, 0.3) is 0 Å². The van der Waals surface area contributed by atoms with Gasteiger partial charge in [-0.1, -0.05) is 12.1 Å². The molecule has 7 nitrogen and oxygen atoms in total. The summed E-state index contributed by atoms with van der Waals surface area (Å²) >= 11 is 0. The van der Waals surface area contributed by atoms with Crippen molar-refractivity contribution in [1.29, 1.82) is 0 Å². The smallest absolute Gasteiger partial charge is 0.220 e. The summed E-state index contributed by atoms with van der Waals surface area (Å²) in [4.78, 5) is 18.6. The first-order valence-corrected chi connectivity index (χ1v) is 8.67. The van der Waals surface area contributed by atoms with E-state index in [0.717, 1.165) is 16.9 Å². The van der Waals surface area contributed by atoms with E-state index in [1.807, 2.05) is 43.3 Å². The normalized spacial score (nSPS) is 10.3. The van der Waals surface area contributed by atoms with Gasteiger partial charge in [0.2, 0.25) is 11.7 Å². The van der Waals surface area contributed by atoms with Gasteiger partial charge in [0.05, 0.1) is 21.3 Å². The zero-order valence-electron chi connectivity index (χ0n) is 16.5. The maximum atomic E-state index is 12.3. The first-order chi connectivity index (χ1) is 13.0. The molecule has 0 radical (unpaired) electrons. The molecule has 1 N–H and O–H groups in total. The van der Waals surface area contributed by atoms with Gasteiger partial charge in [-0.2, -0.15) is 0 Å². The summed E-state index contributed by atoms with van der Waals surface area (Å²) < 4.78 is 16.1. The van der Waals surface area contributed by atoms with Crippen LogP contribution in [0.25, 0.3) is 0 Å². The van der Waals surface area contributed by atoms with Gasteiger partial charge in [-0.15, -0.1) is 0 Å². The number of amides is 1. The number of nitrogens with one attached hydrogen (secondary N) is 1. The second kappa shape index (κ2) is 9.66. The molecule has 146 valence electrons. The lowest BCUT2D eigenvalue weighted by Gasteiger charge is -2.17. The number of rotatable bonds is 9. The molecule has 0 atom stereocenters. The van der Waals surface area contributed by atoms with E-state index in [-0.39, 0.29) is 5.91 Å². The molecule has 2 rings (SSSR count). The Kier molecular flexibility index (Phi) is 7.28. The van der Waals surface area contributed by atoms with Crippen molar-refractivity contribution >= 4 is 11.7 Å². The molecule has 0 saturated carbocycles. The van der Waals surface area contributed by atoms with E-state index in [9.17, 15) is 4.79 Å². The van der Waals surface area contributed by atoms with E-state index in [0.29, 0.717) is 36.6 Å². The molecule has 0 unspecified atom stereocenters. The number of hydrogen-bond donors (Lipinski definition) is 1. The number of benzene rings is 1. The maximum absolute atomic E-state index is 12.3. The lowest BCUT2D eigenvalue weighted by Crippen LogP contribution is -2.24. The van der Waals surface area contributed by atoms with Gasteiger partial charge in [0.15, 0.2) is 11.5 Å². The molecule has 0 spiro atoms. The van der Waals surface area contributed by atoms with Crippen LogP contribution in [0.15, 0.2) is 30.5 Å². The predicted molar refractivity (Wildman–Crippen MR) is 105 cm³/mol. The van der Waals surface area contributed by atoms with Crippen molar-refractivity contribution in [1.82, 2.24) is 10.3 Å². The van der Waals surface area contributed by atoms with Crippen molar-refractivity contribution in [3.63, 3.8) is 0 Å². The van der Waals surface area contributed by atoms with Crippen molar-refractivity contribution in [2.45, 2.75) is 19.4 Å². The third-order valence-corrected chi connectivity index (χ3v) is 4.17. The zero-order valence-corrected chi connectivity index (χ0v) is 16.5. The molecule has 7 heteroatoms. The zero-order chi connectivity index (χ0) is 19.8. The molecular formula is C20H27N3O4. The summed E-state index contributed by atoms with van der Waals surface area (Å²) in [6, 6.07) is 7.52. The van der Waals surface area contributed by atoms with Crippen LogP contribution in [-0.4, -0.2) is 46.3 Å². The largest absolute Gasteiger partial charge is 0.493 e. The number of pyridine rings is 1. The van der Waals surface area contributed by atoms with E-state index in [1.54, 1.807) is 27.5 Å². The molecule has 1 aromatic carbocycles. The fraction of sp³-hybridized carbons (Fsp3) is 0.400. The highest BCUT2D eigenvalue weighted by Crippen LogP contribution is 2.40. The molecule has 0 saturated heterocycles. The van der Waals surface area contributed by atoms with Crippen molar-refractivity contribution in [3.8, 4) is 17.2 Å². The molecule has 1 aromatic heterocycles. The molecular weight excluding hydrogens is 346 g/mol. The van der Waals surface area contributed by atoms with Gasteiger partial charge in [-0.3, -0.25) is 4.79 Å². The number of anilines is 1. The fourth-order valence-electron chi connectivity index (χ4n) is 2.86. The highest BCUT2D eigenvalue weighted by molar-refractivity contribution is 5.76. The maximum Gasteiger partial charge on any atom is 0.220 e. The Bertz CT molecular complexity index is 778. The first-order valence-electron chi connectivity index (χ1n) is 8.67. The molecule has 27 heavy (non-hydrogen) atoms. The van der Waals surface area contributed by atoms with Crippen LogP contribution >= 0.6 is 0 Å². The number of carbonyl (C=O) groups excluding carboxylic acids is 1. The van der Waals surface area contributed by atoms with Crippen LogP contribution in [0.5, 0.6) is 17.2 Å². The second-order valence-corrected chi connectivity index (χ2v) is 6.15. The quantitative estimate of drug-likeness (QED) is 0.728. The predicted octanol–water partition coefficient (Wildman–Crippen LogP) is 2.42. The number of methoxy groups -OCH3 is 3. The van der Waals surface area contributed by atoms with Crippen molar-refractivity contribution in [3.05, 3.63) is 41.6 Å². The molecule has 0 bridgehead atoms. The Balaban J connectivity index is 2.00. The summed E-state index contributed by atoms with van der Waals surface area (Å²) in [5, 5.41) is 2.95. The van der Waals surface area contributed by atoms with Crippen LogP contribution in [0.1, 0.15) is 17.5 Å².